The van der Waals surface area contributed by atoms with Crippen molar-refractivity contribution in [3.63, 3.8) is 0 Å². The molecule has 4 rings (SSSR count). The zero-order valence-electron chi connectivity index (χ0n) is 17.0. The van der Waals surface area contributed by atoms with Crippen LogP contribution in [0.2, 0.25) is 0 Å². The topological polar surface area (TPSA) is 59.8 Å². The second-order valence-electron chi connectivity index (χ2n) is 7.87. The van der Waals surface area contributed by atoms with E-state index in [0.717, 1.165) is 54.2 Å². The van der Waals surface area contributed by atoms with E-state index in [4.69, 9.17) is 9.97 Å². The number of Topliss-reactive ketones (excluding diaryl/α,β-unsaturated/α-hetero) is 1. The fourth-order valence-electron chi connectivity index (χ4n) is 4.09. The first kappa shape index (κ1) is 18.7. The summed E-state index contributed by atoms with van der Waals surface area (Å²) in [6.45, 7) is 7.05. The lowest BCUT2D eigenvalue weighted by Gasteiger charge is -2.23. The van der Waals surface area contributed by atoms with Gasteiger partial charge in [-0.2, -0.15) is 0 Å². The number of fused-ring (bicyclic) bond motifs is 1. The van der Waals surface area contributed by atoms with Gasteiger partial charge in [-0.3, -0.25) is 4.79 Å². The highest BCUT2D eigenvalue weighted by Gasteiger charge is 2.18. The summed E-state index contributed by atoms with van der Waals surface area (Å²) in [5, 5.41) is 3.57. The molecule has 28 heavy (non-hydrogen) atoms. The van der Waals surface area contributed by atoms with Crippen molar-refractivity contribution in [1.29, 1.82) is 0 Å². The van der Waals surface area contributed by atoms with Gasteiger partial charge in [0.2, 0.25) is 0 Å². The van der Waals surface area contributed by atoms with Crippen molar-refractivity contribution in [2.24, 2.45) is 0 Å². The van der Waals surface area contributed by atoms with E-state index in [1.54, 1.807) is 0 Å². The van der Waals surface area contributed by atoms with E-state index in [0.29, 0.717) is 24.7 Å². The molecule has 146 valence electrons. The van der Waals surface area contributed by atoms with Crippen molar-refractivity contribution in [3.05, 3.63) is 53.0 Å². The summed E-state index contributed by atoms with van der Waals surface area (Å²) in [5.41, 5.74) is 6.55. The van der Waals surface area contributed by atoms with Gasteiger partial charge in [0.05, 0.1) is 6.54 Å². The number of carbonyl (C=O) groups excluding carboxylic acids is 1. The first-order chi connectivity index (χ1) is 13.5. The molecule has 5 heteroatoms. The molecule has 0 amide bonds. The first-order valence-electron chi connectivity index (χ1n) is 10.2. The maximum Gasteiger partial charge on any atom is 0.160 e. The van der Waals surface area contributed by atoms with E-state index in [1.165, 1.54) is 11.1 Å². The number of benzene rings is 1. The van der Waals surface area contributed by atoms with E-state index in [9.17, 15) is 4.79 Å². The summed E-state index contributed by atoms with van der Waals surface area (Å²) in [7, 11) is 0. The van der Waals surface area contributed by atoms with E-state index >= 15 is 0 Å². The zero-order chi connectivity index (χ0) is 19.7. The van der Waals surface area contributed by atoms with Crippen LogP contribution in [0.3, 0.4) is 0 Å². The fourth-order valence-corrected chi connectivity index (χ4v) is 4.09. The Hall–Kier alpha value is -2.69. The Balaban J connectivity index is 1.54. The van der Waals surface area contributed by atoms with Crippen LogP contribution in [-0.2, 0) is 17.8 Å². The molecule has 0 aliphatic heterocycles. The number of anilines is 1. The molecule has 0 bridgehead atoms. The number of aryl methyl sites for hydroxylation is 3. The molecular weight excluding hydrogens is 348 g/mol. The summed E-state index contributed by atoms with van der Waals surface area (Å²) >= 11 is 0. The summed E-state index contributed by atoms with van der Waals surface area (Å²) in [4.78, 5) is 21.0. The Labute approximate surface area is 166 Å². The largest absolute Gasteiger partial charge is 0.382 e. The second-order valence-corrected chi connectivity index (χ2v) is 7.87. The van der Waals surface area contributed by atoms with Crippen LogP contribution in [0.4, 0.5) is 5.69 Å². The third-order valence-corrected chi connectivity index (χ3v) is 5.63. The van der Waals surface area contributed by atoms with Crippen LogP contribution in [0.5, 0.6) is 0 Å². The standard InChI is InChI=1S/C23H28N4O/c1-4-21-26-22-15(2)13-16(3)24-23(22)27(21)14-17-5-7-18(8-6-17)25-19-9-11-20(28)12-10-19/h5-8,13,19,25H,4,9-12,14H2,1-3H3. The summed E-state index contributed by atoms with van der Waals surface area (Å²) in [6, 6.07) is 11.1. The smallest absolute Gasteiger partial charge is 0.160 e. The van der Waals surface area contributed by atoms with Gasteiger partial charge in [0.1, 0.15) is 17.1 Å². The van der Waals surface area contributed by atoms with Crippen molar-refractivity contribution >= 4 is 22.6 Å². The molecular formula is C23H28N4O. The molecule has 1 N–H and O–H groups in total. The van der Waals surface area contributed by atoms with Crippen molar-refractivity contribution < 1.29 is 4.79 Å². The minimum absolute atomic E-state index is 0.395. The molecule has 0 atom stereocenters. The van der Waals surface area contributed by atoms with Crippen LogP contribution in [-0.4, -0.2) is 26.4 Å². The Morgan fingerprint density at radius 1 is 1.11 bits per heavy atom. The van der Waals surface area contributed by atoms with E-state index in [2.05, 4.69) is 54.1 Å². The van der Waals surface area contributed by atoms with Crippen molar-refractivity contribution in [1.82, 2.24) is 14.5 Å². The monoisotopic (exact) mass is 376 g/mol. The Morgan fingerprint density at radius 2 is 1.82 bits per heavy atom. The number of imidazole rings is 1. The lowest BCUT2D eigenvalue weighted by Crippen LogP contribution is -2.25. The normalized spacial score (nSPS) is 15.3. The van der Waals surface area contributed by atoms with Crippen molar-refractivity contribution in [2.75, 3.05) is 5.32 Å². The van der Waals surface area contributed by atoms with Crippen molar-refractivity contribution in [2.45, 2.75) is 65.5 Å². The summed E-state index contributed by atoms with van der Waals surface area (Å²) < 4.78 is 2.24. The number of pyridine rings is 1. The average Bonchev–Trinajstić information content (AvgIpc) is 3.03. The molecule has 3 aromatic rings. The van der Waals surface area contributed by atoms with Gasteiger partial charge in [0.25, 0.3) is 0 Å². The first-order valence-corrected chi connectivity index (χ1v) is 10.2. The predicted octanol–water partition coefficient (Wildman–Crippen LogP) is 4.58. The van der Waals surface area contributed by atoms with E-state index < -0.39 is 0 Å². The number of nitrogens with one attached hydrogen (secondary N) is 1. The molecule has 1 aliphatic rings. The number of ketones is 1. The highest BCUT2D eigenvalue weighted by atomic mass is 16.1. The third kappa shape index (κ3) is 3.79. The number of carbonyl (C=O) groups is 1. The number of rotatable bonds is 5. The lowest BCUT2D eigenvalue weighted by molar-refractivity contribution is -0.120. The lowest BCUT2D eigenvalue weighted by atomic mass is 9.94. The fraction of sp³-hybridized carbons (Fsp3) is 0.435. The van der Waals surface area contributed by atoms with Gasteiger partial charge in [0.15, 0.2) is 5.65 Å². The summed E-state index contributed by atoms with van der Waals surface area (Å²) in [6.07, 6.45) is 4.16. The van der Waals surface area contributed by atoms with Crippen LogP contribution in [0.15, 0.2) is 30.3 Å². The van der Waals surface area contributed by atoms with Crippen LogP contribution in [0, 0.1) is 13.8 Å². The predicted molar refractivity (Wildman–Crippen MR) is 113 cm³/mol. The van der Waals surface area contributed by atoms with Crippen LogP contribution < -0.4 is 5.32 Å². The van der Waals surface area contributed by atoms with Gasteiger partial charge in [-0.1, -0.05) is 19.1 Å². The molecule has 0 saturated heterocycles. The van der Waals surface area contributed by atoms with Gasteiger partial charge in [-0.15, -0.1) is 0 Å². The van der Waals surface area contributed by atoms with Gasteiger partial charge in [-0.25, -0.2) is 9.97 Å². The van der Waals surface area contributed by atoms with E-state index in [1.807, 2.05) is 6.92 Å². The number of hydrogen-bond donors (Lipinski definition) is 1. The number of aromatic nitrogens is 3. The Morgan fingerprint density at radius 3 is 2.50 bits per heavy atom. The van der Waals surface area contributed by atoms with Gasteiger partial charge in [-0.05, 0) is 56.0 Å². The van der Waals surface area contributed by atoms with Crippen molar-refractivity contribution in [3.8, 4) is 0 Å². The molecule has 0 spiro atoms. The molecule has 1 aliphatic carbocycles. The Kier molecular flexibility index (Phi) is 5.16. The van der Waals surface area contributed by atoms with Crippen LogP contribution in [0.25, 0.3) is 11.2 Å². The molecule has 1 aromatic carbocycles. The Bertz CT molecular complexity index is 994. The molecule has 0 unspecified atom stereocenters. The van der Waals surface area contributed by atoms with Crippen LogP contribution in [0.1, 0.15) is 55.3 Å². The average molecular weight is 377 g/mol. The third-order valence-electron chi connectivity index (χ3n) is 5.63. The molecule has 2 aromatic heterocycles. The van der Waals surface area contributed by atoms with Crippen LogP contribution >= 0.6 is 0 Å². The SMILES string of the molecule is CCc1nc2c(C)cc(C)nc2n1Cc1ccc(NC2CCC(=O)CC2)cc1. The molecule has 1 fully saturated rings. The minimum Gasteiger partial charge on any atom is -0.382 e. The second kappa shape index (κ2) is 7.74. The van der Waals surface area contributed by atoms with Gasteiger partial charge < -0.3 is 9.88 Å². The van der Waals surface area contributed by atoms with Gasteiger partial charge in [0, 0.05) is 36.7 Å². The highest BCUT2D eigenvalue weighted by Crippen LogP contribution is 2.23. The maximum atomic E-state index is 11.4. The molecule has 2 heterocycles. The molecule has 5 nitrogen and oxygen atoms in total. The number of hydrogen-bond acceptors (Lipinski definition) is 4. The number of nitrogens with zero attached hydrogens (tertiary/aromatic N) is 3. The molecule has 0 radical (unpaired) electrons. The van der Waals surface area contributed by atoms with Gasteiger partial charge >= 0.3 is 0 Å². The van der Waals surface area contributed by atoms with E-state index in [-0.39, 0.29) is 0 Å². The maximum absolute atomic E-state index is 11.4. The summed E-state index contributed by atoms with van der Waals surface area (Å²) in [5.74, 6) is 1.47. The highest BCUT2D eigenvalue weighted by molar-refractivity contribution is 5.79. The quantitative estimate of drug-likeness (QED) is 0.708. The zero-order valence-corrected chi connectivity index (χ0v) is 17.0. The minimum atomic E-state index is 0.395. The molecule has 1 saturated carbocycles.